The fraction of sp³-hybridized carbons (Fsp3) is 0. The fourth-order valence-electron chi connectivity index (χ4n) is 0.709. The summed E-state index contributed by atoms with van der Waals surface area (Å²) in [5.74, 6) is 0. The number of benzene rings is 1. The van der Waals surface area contributed by atoms with Gasteiger partial charge in [0, 0.05) is 0 Å². The van der Waals surface area contributed by atoms with Crippen LogP contribution in [0.2, 0.25) is 10.0 Å². The fourth-order valence-corrected chi connectivity index (χ4v) is 1.43. The van der Waals surface area contributed by atoms with Crippen LogP contribution in [-0.2, 0) is 0 Å². The van der Waals surface area contributed by atoms with E-state index in [1.807, 2.05) is 17.5 Å². The van der Waals surface area contributed by atoms with Crippen LogP contribution in [0.25, 0.3) is 0 Å². The van der Waals surface area contributed by atoms with Crippen LogP contribution >= 0.6 is 34.5 Å². The largest absolute Gasteiger partial charge is 0.499 e. The topological polar surface area (TPSA) is 20.2 Å². The first-order valence-corrected chi connectivity index (χ1v) is 5.46. The van der Waals surface area contributed by atoms with Crippen LogP contribution in [0.5, 0.6) is 5.06 Å². The molecule has 0 saturated heterocycles. The monoisotopic (exact) mass is 246 g/mol. The maximum atomic E-state index is 8.49. The molecule has 2 aromatic rings. The van der Waals surface area contributed by atoms with Crippen LogP contribution in [0.3, 0.4) is 0 Å². The molecule has 0 atom stereocenters. The molecule has 1 N–H and O–H groups in total. The van der Waals surface area contributed by atoms with Gasteiger partial charge in [-0.3, -0.25) is 0 Å². The van der Waals surface area contributed by atoms with E-state index in [-0.39, 0.29) is 0 Å². The van der Waals surface area contributed by atoms with Crippen LogP contribution in [0, 0.1) is 0 Å². The summed E-state index contributed by atoms with van der Waals surface area (Å²) in [6, 6.07) is 10.7. The highest BCUT2D eigenvalue weighted by molar-refractivity contribution is 7.11. The molecule has 1 aromatic carbocycles. The normalized spacial score (nSPS) is 9.00. The van der Waals surface area contributed by atoms with Crippen LogP contribution in [0.15, 0.2) is 41.8 Å². The van der Waals surface area contributed by atoms with E-state index in [2.05, 4.69) is 0 Å². The van der Waals surface area contributed by atoms with Crippen molar-refractivity contribution in [3.8, 4) is 5.06 Å². The van der Waals surface area contributed by atoms with E-state index in [4.69, 9.17) is 28.3 Å². The van der Waals surface area contributed by atoms with Crippen LogP contribution in [0.1, 0.15) is 0 Å². The maximum absolute atomic E-state index is 8.49. The zero-order chi connectivity index (χ0) is 10.4. The molecule has 1 heterocycles. The zero-order valence-electron chi connectivity index (χ0n) is 7.15. The van der Waals surface area contributed by atoms with E-state index < -0.39 is 0 Å². The van der Waals surface area contributed by atoms with Gasteiger partial charge in [0.25, 0.3) is 0 Å². The lowest BCUT2D eigenvalue weighted by molar-refractivity contribution is 0.491. The zero-order valence-corrected chi connectivity index (χ0v) is 9.48. The Morgan fingerprint density at radius 1 is 0.929 bits per heavy atom. The van der Waals surface area contributed by atoms with E-state index in [0.29, 0.717) is 15.1 Å². The van der Waals surface area contributed by atoms with Crippen molar-refractivity contribution in [1.82, 2.24) is 0 Å². The summed E-state index contributed by atoms with van der Waals surface area (Å²) >= 11 is 12.5. The van der Waals surface area contributed by atoms with Crippen LogP contribution in [0.4, 0.5) is 0 Å². The molecule has 0 spiro atoms. The van der Waals surface area contributed by atoms with Crippen molar-refractivity contribution in [3.63, 3.8) is 0 Å². The summed E-state index contributed by atoms with van der Waals surface area (Å²) in [5, 5.41) is 11.9. The Labute approximate surface area is 96.5 Å². The molecule has 0 saturated carbocycles. The van der Waals surface area contributed by atoms with Gasteiger partial charge >= 0.3 is 0 Å². The first kappa shape index (κ1) is 11.4. The van der Waals surface area contributed by atoms with Gasteiger partial charge in [0.05, 0.1) is 10.0 Å². The Morgan fingerprint density at radius 3 is 1.71 bits per heavy atom. The predicted octanol–water partition coefficient (Wildman–Crippen LogP) is 4.45. The van der Waals surface area contributed by atoms with E-state index in [1.54, 1.807) is 24.3 Å². The standard InChI is InChI=1S/C6H4Cl2.C4H4OS/c7-5-3-1-2-4-6(5)8;5-4-2-1-3-6-4/h1-4H;1-3,5H. The summed E-state index contributed by atoms with van der Waals surface area (Å²) in [6.07, 6.45) is 0. The Bertz CT molecular complexity index is 352. The quantitative estimate of drug-likeness (QED) is 0.729. The maximum Gasteiger partial charge on any atom is 0.171 e. The van der Waals surface area contributed by atoms with Gasteiger partial charge in [0.15, 0.2) is 5.06 Å². The van der Waals surface area contributed by atoms with Crippen molar-refractivity contribution in [2.24, 2.45) is 0 Å². The summed E-state index contributed by atoms with van der Waals surface area (Å²) in [6.45, 7) is 0. The van der Waals surface area contributed by atoms with Crippen LogP contribution < -0.4 is 0 Å². The Balaban J connectivity index is 0.000000146. The Hall–Kier alpha value is -0.700. The third-order valence-electron chi connectivity index (χ3n) is 1.33. The summed E-state index contributed by atoms with van der Waals surface area (Å²) in [5.41, 5.74) is 0. The second kappa shape index (κ2) is 5.91. The molecule has 4 heteroatoms. The molecule has 74 valence electrons. The molecule has 1 aromatic heterocycles. The average molecular weight is 247 g/mol. The van der Waals surface area contributed by atoms with Crippen molar-refractivity contribution in [1.29, 1.82) is 0 Å². The number of hydrogen-bond donors (Lipinski definition) is 1. The first-order valence-electron chi connectivity index (χ1n) is 3.82. The lowest BCUT2D eigenvalue weighted by atomic mass is 10.4. The second-order valence-corrected chi connectivity index (χ2v) is 4.11. The minimum absolute atomic E-state index is 0.384. The molecule has 0 unspecified atom stereocenters. The molecular weight excluding hydrogens is 239 g/mol. The summed E-state index contributed by atoms with van der Waals surface area (Å²) in [4.78, 5) is 0. The van der Waals surface area contributed by atoms with Crippen molar-refractivity contribution in [2.75, 3.05) is 0 Å². The molecule has 0 fully saturated rings. The summed E-state index contributed by atoms with van der Waals surface area (Å²) < 4.78 is 0. The van der Waals surface area contributed by atoms with E-state index in [0.717, 1.165) is 0 Å². The predicted molar refractivity (Wildman–Crippen MR) is 62.4 cm³/mol. The van der Waals surface area contributed by atoms with Gasteiger partial charge in [-0.1, -0.05) is 35.3 Å². The average Bonchev–Trinajstić information content (AvgIpc) is 2.63. The number of aromatic hydroxyl groups is 1. The number of halogens is 2. The number of thiophene rings is 1. The third-order valence-corrected chi connectivity index (χ3v) is 2.76. The highest BCUT2D eigenvalue weighted by Crippen LogP contribution is 2.19. The molecule has 0 amide bonds. The highest BCUT2D eigenvalue weighted by atomic mass is 35.5. The minimum Gasteiger partial charge on any atom is -0.499 e. The molecule has 0 aliphatic carbocycles. The molecule has 0 radical (unpaired) electrons. The van der Waals surface area contributed by atoms with Crippen molar-refractivity contribution in [2.45, 2.75) is 0 Å². The van der Waals surface area contributed by atoms with Crippen molar-refractivity contribution >= 4 is 34.5 Å². The van der Waals surface area contributed by atoms with Gasteiger partial charge in [-0.05, 0) is 29.6 Å². The van der Waals surface area contributed by atoms with Gasteiger partial charge in [-0.2, -0.15) is 0 Å². The van der Waals surface area contributed by atoms with Gasteiger partial charge in [-0.15, -0.1) is 11.3 Å². The first-order chi connectivity index (χ1) is 6.70. The molecule has 0 aliphatic heterocycles. The Morgan fingerprint density at radius 2 is 1.50 bits per heavy atom. The summed E-state index contributed by atoms with van der Waals surface area (Å²) in [7, 11) is 0. The molecule has 0 bridgehead atoms. The van der Waals surface area contributed by atoms with Gasteiger partial charge in [0.1, 0.15) is 0 Å². The smallest absolute Gasteiger partial charge is 0.171 e. The molecule has 14 heavy (non-hydrogen) atoms. The van der Waals surface area contributed by atoms with Gasteiger partial charge in [0.2, 0.25) is 0 Å². The SMILES string of the molecule is Clc1ccccc1Cl.Oc1cccs1. The highest BCUT2D eigenvalue weighted by Gasteiger charge is 1.89. The van der Waals surface area contributed by atoms with E-state index in [9.17, 15) is 0 Å². The van der Waals surface area contributed by atoms with Crippen molar-refractivity contribution < 1.29 is 5.11 Å². The lowest BCUT2D eigenvalue weighted by Crippen LogP contribution is -1.62. The minimum atomic E-state index is 0.384. The van der Waals surface area contributed by atoms with Crippen LogP contribution in [-0.4, -0.2) is 5.11 Å². The van der Waals surface area contributed by atoms with E-state index >= 15 is 0 Å². The molecule has 2 rings (SSSR count). The second-order valence-electron chi connectivity index (χ2n) is 2.37. The molecule has 0 aliphatic rings. The van der Waals surface area contributed by atoms with Crippen molar-refractivity contribution in [3.05, 3.63) is 51.8 Å². The number of hydrogen-bond acceptors (Lipinski definition) is 2. The van der Waals surface area contributed by atoms with E-state index in [1.165, 1.54) is 11.3 Å². The number of rotatable bonds is 0. The third kappa shape index (κ3) is 4.01. The molecular formula is C10H8Cl2OS. The Kier molecular flexibility index (Phi) is 4.80. The van der Waals surface area contributed by atoms with Gasteiger partial charge in [-0.25, -0.2) is 0 Å². The van der Waals surface area contributed by atoms with Gasteiger partial charge < -0.3 is 5.11 Å². The lowest BCUT2D eigenvalue weighted by Gasteiger charge is -1.88. The molecule has 1 nitrogen and oxygen atoms in total.